The number of carbonyl (C=O) groups excluding carboxylic acids is 1. The summed E-state index contributed by atoms with van der Waals surface area (Å²) in [6, 6.07) is 6.29. The molecule has 1 aliphatic rings. The lowest BCUT2D eigenvalue weighted by atomic mass is 9.86. The Morgan fingerprint density at radius 3 is 2.68 bits per heavy atom. The third-order valence-corrected chi connectivity index (χ3v) is 3.74. The Morgan fingerprint density at radius 2 is 2.11 bits per heavy atom. The van der Waals surface area contributed by atoms with Crippen LogP contribution in [0.4, 0.5) is 5.69 Å². The molecule has 0 bridgehead atoms. The quantitative estimate of drug-likeness (QED) is 0.858. The highest BCUT2D eigenvalue weighted by Gasteiger charge is 2.23. The van der Waals surface area contributed by atoms with Gasteiger partial charge in [0.05, 0.1) is 6.04 Å². The van der Waals surface area contributed by atoms with Crippen LogP contribution in [0, 0.1) is 6.92 Å². The van der Waals surface area contributed by atoms with Gasteiger partial charge in [-0.25, -0.2) is 0 Å². The van der Waals surface area contributed by atoms with Crippen LogP contribution in [-0.2, 0) is 10.2 Å². The second kappa shape index (κ2) is 5.33. The van der Waals surface area contributed by atoms with E-state index in [9.17, 15) is 4.79 Å². The van der Waals surface area contributed by atoms with E-state index in [0.29, 0.717) is 0 Å². The van der Waals surface area contributed by atoms with Crippen LogP contribution in [-0.4, -0.2) is 18.5 Å². The third-order valence-electron chi connectivity index (χ3n) is 3.74. The Labute approximate surface area is 115 Å². The molecule has 1 heterocycles. The van der Waals surface area contributed by atoms with E-state index in [1.165, 1.54) is 5.56 Å². The molecule has 0 aromatic heterocycles. The number of benzene rings is 1. The molecule has 2 N–H and O–H groups in total. The van der Waals surface area contributed by atoms with Gasteiger partial charge < -0.3 is 10.6 Å². The van der Waals surface area contributed by atoms with E-state index in [0.717, 1.165) is 30.6 Å². The molecule has 1 aliphatic heterocycles. The first-order valence-corrected chi connectivity index (χ1v) is 7.03. The average molecular weight is 260 g/mol. The highest BCUT2D eigenvalue weighted by Crippen LogP contribution is 2.27. The summed E-state index contributed by atoms with van der Waals surface area (Å²) in [7, 11) is 0. The molecular formula is C16H24N2O. The second-order valence-corrected chi connectivity index (χ2v) is 6.42. The van der Waals surface area contributed by atoms with Gasteiger partial charge in [-0.3, -0.25) is 4.79 Å². The summed E-state index contributed by atoms with van der Waals surface area (Å²) >= 11 is 0. The fourth-order valence-corrected chi connectivity index (χ4v) is 2.35. The fraction of sp³-hybridized carbons (Fsp3) is 0.562. The molecule has 0 spiro atoms. The van der Waals surface area contributed by atoms with Crippen LogP contribution in [0.2, 0.25) is 0 Å². The van der Waals surface area contributed by atoms with Crippen molar-refractivity contribution in [3.63, 3.8) is 0 Å². The zero-order chi connectivity index (χ0) is 14.0. The zero-order valence-corrected chi connectivity index (χ0v) is 12.3. The van der Waals surface area contributed by atoms with Crippen molar-refractivity contribution in [1.82, 2.24) is 5.32 Å². The topological polar surface area (TPSA) is 41.1 Å². The first-order chi connectivity index (χ1) is 8.88. The van der Waals surface area contributed by atoms with Crippen LogP contribution in [0.3, 0.4) is 0 Å². The predicted molar refractivity (Wildman–Crippen MR) is 79.5 cm³/mol. The van der Waals surface area contributed by atoms with Gasteiger partial charge in [-0.15, -0.1) is 0 Å². The minimum Gasteiger partial charge on any atom is -0.324 e. The van der Waals surface area contributed by atoms with Gasteiger partial charge in [-0.1, -0.05) is 32.9 Å². The van der Waals surface area contributed by atoms with Gasteiger partial charge in [0.15, 0.2) is 0 Å². The van der Waals surface area contributed by atoms with Gasteiger partial charge in [0, 0.05) is 5.69 Å². The maximum Gasteiger partial charge on any atom is 0.241 e. The molecule has 19 heavy (non-hydrogen) atoms. The third kappa shape index (κ3) is 3.35. The summed E-state index contributed by atoms with van der Waals surface area (Å²) < 4.78 is 0. The van der Waals surface area contributed by atoms with Crippen molar-refractivity contribution in [2.45, 2.75) is 52.0 Å². The van der Waals surface area contributed by atoms with E-state index in [2.05, 4.69) is 49.6 Å². The van der Waals surface area contributed by atoms with Crippen molar-refractivity contribution in [3.8, 4) is 0 Å². The van der Waals surface area contributed by atoms with Crippen LogP contribution in [0.25, 0.3) is 0 Å². The van der Waals surface area contributed by atoms with Crippen molar-refractivity contribution >= 4 is 11.6 Å². The van der Waals surface area contributed by atoms with Crippen molar-refractivity contribution in [2.75, 3.05) is 11.9 Å². The highest BCUT2D eigenvalue weighted by molar-refractivity contribution is 5.95. The SMILES string of the molecule is Cc1ccc(C(C)(C)C)cc1NC(=O)C1CCCN1. The molecule has 1 saturated heterocycles. The predicted octanol–water partition coefficient (Wildman–Crippen LogP) is 2.98. The van der Waals surface area contributed by atoms with Crippen LogP contribution in [0.1, 0.15) is 44.7 Å². The molecule has 0 radical (unpaired) electrons. The van der Waals surface area contributed by atoms with E-state index in [4.69, 9.17) is 0 Å². The highest BCUT2D eigenvalue weighted by atomic mass is 16.2. The smallest absolute Gasteiger partial charge is 0.241 e. The maximum absolute atomic E-state index is 12.2. The minimum absolute atomic E-state index is 0.0299. The molecule has 1 amide bonds. The molecule has 1 fully saturated rings. The lowest BCUT2D eigenvalue weighted by Crippen LogP contribution is -2.35. The molecule has 1 unspecified atom stereocenters. The first-order valence-electron chi connectivity index (χ1n) is 7.03. The number of amides is 1. The molecule has 1 aromatic carbocycles. The van der Waals surface area contributed by atoms with Crippen LogP contribution < -0.4 is 10.6 Å². The maximum atomic E-state index is 12.2. The molecule has 104 valence electrons. The van der Waals surface area contributed by atoms with Crippen LogP contribution in [0.15, 0.2) is 18.2 Å². The molecule has 0 saturated carbocycles. The second-order valence-electron chi connectivity index (χ2n) is 6.42. The Kier molecular flexibility index (Phi) is 3.95. The molecule has 3 nitrogen and oxygen atoms in total. The van der Waals surface area contributed by atoms with Gasteiger partial charge in [0.25, 0.3) is 0 Å². The van der Waals surface area contributed by atoms with Crippen molar-refractivity contribution < 1.29 is 4.79 Å². The van der Waals surface area contributed by atoms with Gasteiger partial charge in [-0.05, 0) is 48.9 Å². The first kappa shape index (κ1) is 14.1. The summed E-state index contributed by atoms with van der Waals surface area (Å²) in [5.41, 5.74) is 3.39. The standard InChI is InChI=1S/C16H24N2O/c1-11-7-8-12(16(2,3)4)10-14(11)18-15(19)13-6-5-9-17-13/h7-8,10,13,17H,5-6,9H2,1-4H3,(H,18,19). The van der Waals surface area contributed by atoms with Gasteiger partial charge in [-0.2, -0.15) is 0 Å². The number of anilines is 1. The van der Waals surface area contributed by atoms with E-state index >= 15 is 0 Å². The van der Waals surface area contributed by atoms with E-state index in [1.54, 1.807) is 0 Å². The Balaban J connectivity index is 2.17. The van der Waals surface area contributed by atoms with Crippen molar-refractivity contribution in [1.29, 1.82) is 0 Å². The lowest BCUT2D eigenvalue weighted by molar-refractivity contribution is -0.117. The van der Waals surface area contributed by atoms with Crippen molar-refractivity contribution in [3.05, 3.63) is 29.3 Å². The van der Waals surface area contributed by atoms with Crippen molar-refractivity contribution in [2.24, 2.45) is 0 Å². The van der Waals surface area contributed by atoms with Crippen LogP contribution in [0.5, 0.6) is 0 Å². The number of nitrogens with one attached hydrogen (secondary N) is 2. The summed E-state index contributed by atoms with van der Waals surface area (Å²) in [4.78, 5) is 12.2. The number of aryl methyl sites for hydroxylation is 1. The van der Waals surface area contributed by atoms with Gasteiger partial charge in [0.2, 0.25) is 5.91 Å². The van der Waals surface area contributed by atoms with Crippen LogP contribution >= 0.6 is 0 Å². The summed E-state index contributed by atoms with van der Waals surface area (Å²) in [6.07, 6.45) is 2.02. The van der Waals surface area contributed by atoms with E-state index < -0.39 is 0 Å². The lowest BCUT2D eigenvalue weighted by Gasteiger charge is -2.21. The minimum atomic E-state index is -0.0299. The number of hydrogen-bond acceptors (Lipinski definition) is 2. The molecule has 1 atom stereocenters. The molecular weight excluding hydrogens is 236 g/mol. The van der Waals surface area contributed by atoms with Gasteiger partial charge in [0.1, 0.15) is 0 Å². The molecule has 1 aromatic rings. The number of carbonyl (C=O) groups is 1. The van der Waals surface area contributed by atoms with Gasteiger partial charge >= 0.3 is 0 Å². The normalized spacial score (nSPS) is 19.5. The largest absolute Gasteiger partial charge is 0.324 e. The van der Waals surface area contributed by atoms with E-state index in [-0.39, 0.29) is 17.4 Å². The number of rotatable bonds is 2. The Morgan fingerprint density at radius 1 is 1.37 bits per heavy atom. The zero-order valence-electron chi connectivity index (χ0n) is 12.3. The number of hydrogen-bond donors (Lipinski definition) is 2. The summed E-state index contributed by atoms with van der Waals surface area (Å²) in [6.45, 7) is 9.52. The molecule has 0 aliphatic carbocycles. The summed E-state index contributed by atoms with van der Waals surface area (Å²) in [5, 5.41) is 6.29. The van der Waals surface area contributed by atoms with E-state index in [1.807, 2.05) is 6.92 Å². The molecule has 2 rings (SSSR count). The summed E-state index contributed by atoms with van der Waals surface area (Å²) in [5.74, 6) is 0.0895. The monoisotopic (exact) mass is 260 g/mol. The fourth-order valence-electron chi connectivity index (χ4n) is 2.35. The Hall–Kier alpha value is -1.35. The Bertz CT molecular complexity index is 468. The molecule has 3 heteroatoms. The average Bonchev–Trinajstić information content (AvgIpc) is 2.84.